The number of nitrogens with zero attached hydrogens (tertiary/aromatic N) is 1. The van der Waals surface area contributed by atoms with E-state index in [1.54, 1.807) is 30.3 Å². The van der Waals surface area contributed by atoms with Gasteiger partial charge in [-0.1, -0.05) is 16.8 Å². The second kappa shape index (κ2) is 3.79. The van der Waals surface area contributed by atoms with Gasteiger partial charge in [-0.2, -0.15) is 0 Å². The number of phenols is 1. The minimum absolute atomic E-state index is 0.174. The fourth-order valence-corrected chi connectivity index (χ4v) is 1.87. The van der Waals surface area contributed by atoms with Crippen LogP contribution in [0.5, 0.6) is 5.75 Å². The van der Waals surface area contributed by atoms with E-state index in [0.29, 0.717) is 16.3 Å². The van der Waals surface area contributed by atoms with Crippen molar-refractivity contribution in [1.82, 2.24) is 5.16 Å². The van der Waals surface area contributed by atoms with Crippen LogP contribution in [0.15, 0.2) is 47.0 Å². The zero-order chi connectivity index (χ0) is 11.8. The highest BCUT2D eigenvalue weighted by Gasteiger charge is 2.10. The maximum absolute atomic E-state index is 9.35. The second-order valence-electron chi connectivity index (χ2n) is 3.72. The molecule has 3 nitrogen and oxygen atoms in total. The Morgan fingerprint density at radius 1 is 1.06 bits per heavy atom. The Labute approximate surface area is 102 Å². The molecule has 0 aliphatic rings. The van der Waals surface area contributed by atoms with Crippen molar-refractivity contribution in [1.29, 1.82) is 0 Å². The molecule has 17 heavy (non-hydrogen) atoms. The summed E-state index contributed by atoms with van der Waals surface area (Å²) in [5.74, 6) is 0.852. The van der Waals surface area contributed by atoms with Gasteiger partial charge >= 0.3 is 0 Å². The molecule has 0 fully saturated rings. The highest BCUT2D eigenvalue weighted by molar-refractivity contribution is 6.30. The first kappa shape index (κ1) is 10.2. The van der Waals surface area contributed by atoms with Crippen LogP contribution in [0.3, 0.4) is 0 Å². The molecule has 1 aromatic heterocycles. The normalized spacial score (nSPS) is 10.9. The smallest absolute Gasteiger partial charge is 0.174 e. The zero-order valence-electron chi connectivity index (χ0n) is 8.72. The van der Waals surface area contributed by atoms with Crippen molar-refractivity contribution >= 4 is 22.5 Å². The molecular formula is C13H8ClNO2. The van der Waals surface area contributed by atoms with Gasteiger partial charge in [-0.3, -0.25) is 0 Å². The van der Waals surface area contributed by atoms with Crippen LogP contribution in [0, 0.1) is 0 Å². The van der Waals surface area contributed by atoms with Crippen LogP contribution in [-0.2, 0) is 0 Å². The van der Waals surface area contributed by atoms with Crippen LogP contribution < -0.4 is 0 Å². The zero-order valence-corrected chi connectivity index (χ0v) is 9.48. The van der Waals surface area contributed by atoms with E-state index in [2.05, 4.69) is 5.16 Å². The SMILES string of the molecule is Oc1ccc2c(-c3ccc(Cl)cc3)onc2c1. The Morgan fingerprint density at radius 2 is 1.82 bits per heavy atom. The van der Waals surface area contributed by atoms with Gasteiger partial charge in [-0.25, -0.2) is 0 Å². The summed E-state index contributed by atoms with van der Waals surface area (Å²) in [6, 6.07) is 12.3. The summed E-state index contributed by atoms with van der Waals surface area (Å²) in [6.07, 6.45) is 0. The molecule has 0 saturated heterocycles. The number of phenolic OH excluding ortho intramolecular Hbond substituents is 1. The maximum Gasteiger partial charge on any atom is 0.174 e. The van der Waals surface area contributed by atoms with Crippen LogP contribution in [0.25, 0.3) is 22.2 Å². The van der Waals surface area contributed by atoms with Crippen molar-refractivity contribution in [2.75, 3.05) is 0 Å². The molecule has 0 aliphatic heterocycles. The van der Waals surface area contributed by atoms with Gasteiger partial charge in [-0.05, 0) is 36.4 Å². The van der Waals surface area contributed by atoms with Crippen molar-refractivity contribution in [2.45, 2.75) is 0 Å². The Bertz CT molecular complexity index is 673. The minimum Gasteiger partial charge on any atom is -0.508 e. The second-order valence-corrected chi connectivity index (χ2v) is 4.16. The van der Waals surface area contributed by atoms with E-state index in [4.69, 9.17) is 16.1 Å². The Balaban J connectivity index is 2.21. The van der Waals surface area contributed by atoms with Crippen LogP contribution in [0.1, 0.15) is 0 Å². The first-order valence-corrected chi connectivity index (χ1v) is 5.46. The average molecular weight is 246 g/mol. The predicted molar refractivity (Wildman–Crippen MR) is 66.1 cm³/mol. The van der Waals surface area contributed by atoms with Crippen molar-refractivity contribution in [3.05, 3.63) is 47.5 Å². The summed E-state index contributed by atoms with van der Waals surface area (Å²) in [7, 11) is 0. The van der Waals surface area contributed by atoms with Gasteiger partial charge < -0.3 is 9.63 Å². The van der Waals surface area contributed by atoms with Gasteiger partial charge in [-0.15, -0.1) is 0 Å². The lowest BCUT2D eigenvalue weighted by atomic mass is 10.1. The van der Waals surface area contributed by atoms with E-state index >= 15 is 0 Å². The van der Waals surface area contributed by atoms with Crippen LogP contribution in [-0.4, -0.2) is 10.3 Å². The van der Waals surface area contributed by atoms with Crippen LogP contribution in [0.2, 0.25) is 5.02 Å². The molecule has 0 spiro atoms. The van der Waals surface area contributed by atoms with E-state index < -0.39 is 0 Å². The lowest BCUT2D eigenvalue weighted by molar-refractivity contribution is 0.440. The fourth-order valence-electron chi connectivity index (χ4n) is 1.74. The van der Waals surface area contributed by atoms with Gasteiger partial charge in [0.05, 0.1) is 0 Å². The summed E-state index contributed by atoms with van der Waals surface area (Å²) in [5.41, 5.74) is 1.54. The summed E-state index contributed by atoms with van der Waals surface area (Å²) >= 11 is 5.83. The number of halogens is 1. The van der Waals surface area contributed by atoms with E-state index in [1.807, 2.05) is 12.1 Å². The molecule has 0 atom stereocenters. The minimum atomic E-state index is 0.174. The Kier molecular flexibility index (Phi) is 2.27. The number of fused-ring (bicyclic) bond motifs is 1. The molecule has 84 valence electrons. The fraction of sp³-hybridized carbons (Fsp3) is 0. The van der Waals surface area contributed by atoms with Gasteiger partial charge in [0.2, 0.25) is 0 Å². The topological polar surface area (TPSA) is 46.3 Å². The van der Waals surface area contributed by atoms with E-state index in [0.717, 1.165) is 10.9 Å². The molecule has 3 aromatic rings. The molecule has 0 bridgehead atoms. The van der Waals surface area contributed by atoms with Crippen molar-refractivity contribution in [2.24, 2.45) is 0 Å². The third-order valence-corrected chi connectivity index (χ3v) is 2.82. The summed E-state index contributed by atoms with van der Waals surface area (Å²) < 4.78 is 5.29. The Morgan fingerprint density at radius 3 is 2.59 bits per heavy atom. The van der Waals surface area contributed by atoms with E-state index in [9.17, 15) is 5.11 Å². The third kappa shape index (κ3) is 1.74. The van der Waals surface area contributed by atoms with Crippen LogP contribution in [0.4, 0.5) is 0 Å². The molecule has 1 N–H and O–H groups in total. The Hall–Kier alpha value is -2.00. The highest BCUT2D eigenvalue weighted by atomic mass is 35.5. The molecule has 1 heterocycles. The van der Waals surface area contributed by atoms with Crippen LogP contribution >= 0.6 is 11.6 Å². The molecular weight excluding hydrogens is 238 g/mol. The van der Waals surface area contributed by atoms with E-state index in [1.165, 1.54) is 0 Å². The standard InChI is InChI=1S/C13H8ClNO2/c14-9-3-1-8(2-4-9)13-11-6-5-10(16)7-12(11)15-17-13/h1-7,16H. The van der Waals surface area contributed by atoms with Crippen molar-refractivity contribution < 1.29 is 9.63 Å². The highest BCUT2D eigenvalue weighted by Crippen LogP contribution is 2.30. The van der Waals surface area contributed by atoms with Gasteiger partial charge in [0.1, 0.15) is 11.3 Å². The quantitative estimate of drug-likeness (QED) is 0.708. The monoisotopic (exact) mass is 245 g/mol. The van der Waals surface area contributed by atoms with Gasteiger partial charge in [0.15, 0.2) is 5.76 Å². The molecule has 0 radical (unpaired) electrons. The number of benzene rings is 2. The summed E-state index contributed by atoms with van der Waals surface area (Å²) in [5, 5.41) is 14.8. The van der Waals surface area contributed by atoms with Gasteiger partial charge in [0, 0.05) is 22.0 Å². The third-order valence-electron chi connectivity index (χ3n) is 2.57. The number of rotatable bonds is 1. The number of aromatic nitrogens is 1. The van der Waals surface area contributed by atoms with E-state index in [-0.39, 0.29) is 5.75 Å². The molecule has 0 unspecified atom stereocenters. The summed E-state index contributed by atoms with van der Waals surface area (Å²) in [6.45, 7) is 0. The van der Waals surface area contributed by atoms with Gasteiger partial charge in [0.25, 0.3) is 0 Å². The van der Waals surface area contributed by atoms with Crippen molar-refractivity contribution in [3.8, 4) is 17.1 Å². The lowest BCUT2D eigenvalue weighted by Gasteiger charge is -1.97. The first-order chi connectivity index (χ1) is 8.24. The maximum atomic E-state index is 9.35. The van der Waals surface area contributed by atoms with Crippen molar-refractivity contribution in [3.63, 3.8) is 0 Å². The predicted octanol–water partition coefficient (Wildman–Crippen LogP) is 3.85. The molecule has 4 heteroatoms. The molecule has 3 rings (SSSR count). The number of hydrogen-bond acceptors (Lipinski definition) is 3. The summed E-state index contributed by atoms with van der Waals surface area (Å²) in [4.78, 5) is 0. The number of hydrogen-bond donors (Lipinski definition) is 1. The molecule has 0 aliphatic carbocycles. The molecule has 2 aromatic carbocycles. The largest absolute Gasteiger partial charge is 0.508 e. The molecule has 0 amide bonds. The average Bonchev–Trinajstić information content (AvgIpc) is 2.73. The first-order valence-electron chi connectivity index (χ1n) is 5.08. The lowest BCUT2D eigenvalue weighted by Crippen LogP contribution is -1.74. The molecule has 0 saturated carbocycles. The number of aromatic hydroxyl groups is 1.